The van der Waals surface area contributed by atoms with Crippen molar-refractivity contribution in [2.24, 2.45) is 0 Å². The van der Waals surface area contributed by atoms with Gasteiger partial charge in [0.2, 0.25) is 11.8 Å². The molecular weight excluding hydrogens is 278 g/mol. The molecule has 2 aromatic heterocycles. The average molecular weight is 293 g/mol. The lowest BCUT2D eigenvalue weighted by Gasteiger charge is -2.13. The molecular formula is C12H15N5O2S. The minimum absolute atomic E-state index is 0.0187. The highest BCUT2D eigenvalue weighted by Crippen LogP contribution is 2.31. The van der Waals surface area contributed by atoms with Crippen LogP contribution in [0.15, 0.2) is 12.1 Å². The molecule has 2 rings (SSSR count). The maximum absolute atomic E-state index is 11.1. The Morgan fingerprint density at radius 3 is 2.65 bits per heavy atom. The van der Waals surface area contributed by atoms with E-state index >= 15 is 0 Å². The summed E-state index contributed by atoms with van der Waals surface area (Å²) in [6.07, 6.45) is 0. The highest BCUT2D eigenvalue weighted by atomic mass is 32.1. The van der Waals surface area contributed by atoms with E-state index in [1.165, 1.54) is 4.88 Å². The van der Waals surface area contributed by atoms with Crippen LogP contribution in [0.1, 0.15) is 28.4 Å². The monoisotopic (exact) mass is 293 g/mol. The number of aromatic nitrogens is 2. The Morgan fingerprint density at radius 1 is 1.40 bits per heavy atom. The summed E-state index contributed by atoms with van der Waals surface area (Å²) >= 11 is 1.63. The van der Waals surface area contributed by atoms with Crippen molar-refractivity contribution in [2.75, 3.05) is 11.1 Å². The molecule has 1 atom stereocenters. The molecule has 0 aliphatic heterocycles. The van der Waals surface area contributed by atoms with Crippen LogP contribution in [-0.2, 0) is 0 Å². The van der Waals surface area contributed by atoms with Gasteiger partial charge in [-0.3, -0.25) is 10.1 Å². The van der Waals surface area contributed by atoms with E-state index < -0.39 is 4.92 Å². The SMILES string of the molecule is Cc1ccc(C(C)Nc2nc(N)nc(C)c2[N+](=O)[O-])s1. The van der Waals surface area contributed by atoms with Crippen molar-refractivity contribution < 1.29 is 4.92 Å². The zero-order valence-corrected chi connectivity index (χ0v) is 12.2. The number of nitrogens with one attached hydrogen (secondary N) is 1. The number of nitrogens with two attached hydrogens (primary N) is 1. The lowest BCUT2D eigenvalue weighted by atomic mass is 10.2. The highest BCUT2D eigenvalue weighted by Gasteiger charge is 2.23. The summed E-state index contributed by atoms with van der Waals surface area (Å²) in [5.41, 5.74) is 5.67. The van der Waals surface area contributed by atoms with Crippen molar-refractivity contribution in [1.82, 2.24) is 9.97 Å². The van der Waals surface area contributed by atoms with Crippen LogP contribution in [0.25, 0.3) is 0 Å². The van der Waals surface area contributed by atoms with E-state index in [-0.39, 0.29) is 29.2 Å². The van der Waals surface area contributed by atoms with Gasteiger partial charge in [0.25, 0.3) is 0 Å². The van der Waals surface area contributed by atoms with Gasteiger partial charge in [-0.15, -0.1) is 11.3 Å². The van der Waals surface area contributed by atoms with Crippen LogP contribution in [-0.4, -0.2) is 14.9 Å². The molecule has 8 heteroatoms. The molecule has 0 aliphatic rings. The van der Waals surface area contributed by atoms with Gasteiger partial charge in [-0.2, -0.15) is 4.98 Å². The first-order valence-corrected chi connectivity index (χ1v) is 6.81. The molecule has 1 unspecified atom stereocenters. The van der Waals surface area contributed by atoms with Crippen molar-refractivity contribution >= 4 is 28.8 Å². The molecule has 2 heterocycles. The summed E-state index contributed by atoms with van der Waals surface area (Å²) in [4.78, 5) is 20.7. The Balaban J connectivity index is 2.35. The van der Waals surface area contributed by atoms with Crippen LogP contribution in [0, 0.1) is 24.0 Å². The van der Waals surface area contributed by atoms with Gasteiger partial charge >= 0.3 is 5.69 Å². The molecule has 0 saturated carbocycles. The Labute approximate surface area is 120 Å². The molecule has 20 heavy (non-hydrogen) atoms. The van der Waals surface area contributed by atoms with Gasteiger partial charge in [0.05, 0.1) is 11.0 Å². The number of anilines is 2. The highest BCUT2D eigenvalue weighted by molar-refractivity contribution is 7.12. The number of hydrogen-bond acceptors (Lipinski definition) is 7. The molecule has 2 aromatic rings. The minimum Gasteiger partial charge on any atom is -0.368 e. The fraction of sp³-hybridized carbons (Fsp3) is 0.333. The van der Waals surface area contributed by atoms with Crippen molar-refractivity contribution in [1.29, 1.82) is 0 Å². The predicted molar refractivity (Wildman–Crippen MR) is 78.9 cm³/mol. The molecule has 0 radical (unpaired) electrons. The maximum Gasteiger partial charge on any atom is 0.332 e. The Morgan fingerprint density at radius 2 is 2.10 bits per heavy atom. The largest absolute Gasteiger partial charge is 0.368 e. The summed E-state index contributed by atoms with van der Waals surface area (Å²) < 4.78 is 0. The Bertz CT molecular complexity index is 655. The van der Waals surface area contributed by atoms with Crippen LogP contribution in [0.2, 0.25) is 0 Å². The quantitative estimate of drug-likeness (QED) is 0.663. The summed E-state index contributed by atoms with van der Waals surface area (Å²) in [7, 11) is 0. The van der Waals surface area contributed by atoms with E-state index in [2.05, 4.69) is 15.3 Å². The van der Waals surface area contributed by atoms with Crippen LogP contribution >= 0.6 is 11.3 Å². The van der Waals surface area contributed by atoms with E-state index in [0.717, 1.165) is 4.88 Å². The lowest BCUT2D eigenvalue weighted by molar-refractivity contribution is -0.385. The third-order valence-corrected chi connectivity index (χ3v) is 3.98. The number of thiophene rings is 1. The van der Waals surface area contributed by atoms with Crippen LogP contribution in [0.5, 0.6) is 0 Å². The topological polar surface area (TPSA) is 107 Å². The van der Waals surface area contributed by atoms with Crippen LogP contribution in [0.4, 0.5) is 17.5 Å². The number of rotatable bonds is 4. The number of nitro groups is 1. The third kappa shape index (κ3) is 2.85. The average Bonchev–Trinajstić information content (AvgIpc) is 2.74. The molecule has 7 nitrogen and oxygen atoms in total. The van der Waals surface area contributed by atoms with E-state index in [1.54, 1.807) is 18.3 Å². The second-order valence-electron chi connectivity index (χ2n) is 4.44. The molecule has 0 amide bonds. The van der Waals surface area contributed by atoms with Gasteiger partial charge in [-0.1, -0.05) is 0 Å². The fourth-order valence-electron chi connectivity index (χ4n) is 1.87. The zero-order chi connectivity index (χ0) is 14.9. The maximum atomic E-state index is 11.1. The van der Waals surface area contributed by atoms with Gasteiger partial charge in [-0.25, -0.2) is 4.98 Å². The van der Waals surface area contributed by atoms with Crippen molar-refractivity contribution in [3.8, 4) is 0 Å². The van der Waals surface area contributed by atoms with E-state index in [4.69, 9.17) is 5.73 Å². The smallest absolute Gasteiger partial charge is 0.332 e. The first-order chi connectivity index (χ1) is 9.38. The number of nitrogens with zero attached hydrogens (tertiary/aromatic N) is 3. The Kier molecular flexibility index (Phi) is 3.84. The zero-order valence-electron chi connectivity index (χ0n) is 11.4. The van der Waals surface area contributed by atoms with E-state index in [1.807, 2.05) is 26.0 Å². The van der Waals surface area contributed by atoms with Crippen molar-refractivity contribution in [3.05, 3.63) is 37.7 Å². The predicted octanol–water partition coefficient (Wildman–Crippen LogP) is 2.82. The van der Waals surface area contributed by atoms with Gasteiger partial charge in [-0.05, 0) is 32.9 Å². The standard InChI is InChI=1S/C12H15N5O2S/c1-6-4-5-9(20-6)7(2)14-11-10(17(18)19)8(3)15-12(13)16-11/h4-5,7H,1-3H3,(H3,13,14,15,16). The number of hydrogen-bond donors (Lipinski definition) is 2. The summed E-state index contributed by atoms with van der Waals surface area (Å²) in [5.74, 6) is 0.170. The molecule has 0 bridgehead atoms. The summed E-state index contributed by atoms with van der Waals surface area (Å²) in [6, 6.07) is 3.90. The van der Waals surface area contributed by atoms with Gasteiger partial charge in [0, 0.05) is 9.75 Å². The lowest BCUT2D eigenvalue weighted by Crippen LogP contribution is -2.12. The molecule has 0 aromatic carbocycles. The normalized spacial score (nSPS) is 12.2. The molecule has 3 N–H and O–H groups in total. The van der Waals surface area contributed by atoms with Crippen LogP contribution < -0.4 is 11.1 Å². The van der Waals surface area contributed by atoms with Crippen LogP contribution in [0.3, 0.4) is 0 Å². The third-order valence-electron chi connectivity index (χ3n) is 2.80. The van der Waals surface area contributed by atoms with Gasteiger partial charge in [0.15, 0.2) is 0 Å². The van der Waals surface area contributed by atoms with Crippen molar-refractivity contribution in [3.63, 3.8) is 0 Å². The summed E-state index contributed by atoms with van der Waals surface area (Å²) in [5, 5.41) is 14.2. The second kappa shape index (κ2) is 5.41. The summed E-state index contributed by atoms with van der Waals surface area (Å²) in [6.45, 7) is 5.47. The van der Waals surface area contributed by atoms with E-state index in [9.17, 15) is 10.1 Å². The fourth-order valence-corrected chi connectivity index (χ4v) is 2.75. The van der Waals surface area contributed by atoms with Gasteiger partial charge in [0.1, 0.15) is 5.69 Å². The minimum atomic E-state index is -0.497. The first kappa shape index (κ1) is 14.2. The first-order valence-electron chi connectivity index (χ1n) is 6.00. The molecule has 0 saturated heterocycles. The van der Waals surface area contributed by atoms with Crippen molar-refractivity contribution in [2.45, 2.75) is 26.8 Å². The molecule has 0 spiro atoms. The molecule has 0 aliphatic carbocycles. The molecule has 0 fully saturated rings. The number of aryl methyl sites for hydroxylation is 2. The number of nitrogen functional groups attached to an aromatic ring is 1. The van der Waals surface area contributed by atoms with Gasteiger partial charge < -0.3 is 11.1 Å². The Hall–Kier alpha value is -2.22. The second-order valence-corrected chi connectivity index (χ2v) is 5.76. The molecule has 106 valence electrons. The van der Waals surface area contributed by atoms with E-state index in [0.29, 0.717) is 0 Å².